The summed E-state index contributed by atoms with van der Waals surface area (Å²) in [6.07, 6.45) is 5.70. The molecule has 1 saturated heterocycles. The number of benzene rings is 2. The van der Waals surface area contributed by atoms with Crippen LogP contribution in [0.15, 0.2) is 65.7 Å². The molecule has 9 nitrogen and oxygen atoms in total. The third kappa shape index (κ3) is 4.47. The minimum atomic E-state index is -0.248. The van der Waals surface area contributed by atoms with Crippen molar-refractivity contribution in [2.75, 3.05) is 20.2 Å². The molecular formula is C28H28FN7O2. The Morgan fingerprint density at radius 2 is 2.08 bits per heavy atom. The van der Waals surface area contributed by atoms with Crippen LogP contribution in [-0.4, -0.2) is 54.9 Å². The molecule has 0 spiro atoms. The van der Waals surface area contributed by atoms with Crippen LogP contribution in [0.4, 0.5) is 4.39 Å². The highest BCUT2D eigenvalue weighted by Gasteiger charge is 2.25. The van der Waals surface area contributed by atoms with Crippen molar-refractivity contribution in [3.8, 4) is 22.7 Å². The fourth-order valence-electron chi connectivity index (χ4n) is 5.20. The second-order valence-corrected chi connectivity index (χ2v) is 9.75. The molecule has 6 rings (SSSR count). The van der Waals surface area contributed by atoms with Gasteiger partial charge in [-0.25, -0.2) is 9.07 Å². The monoisotopic (exact) mass is 513 g/mol. The fourth-order valence-corrected chi connectivity index (χ4v) is 5.20. The van der Waals surface area contributed by atoms with Gasteiger partial charge in [0.2, 0.25) is 0 Å². The van der Waals surface area contributed by atoms with E-state index >= 15 is 0 Å². The van der Waals surface area contributed by atoms with Crippen molar-refractivity contribution in [2.24, 2.45) is 7.05 Å². The number of aromatic amines is 1. The number of piperidine rings is 1. The minimum absolute atomic E-state index is 0.0919. The molecule has 0 amide bonds. The SMILES string of the molecule is COc1cccc(F)c1CN1CCC[C@@H](c2cn(-c3ccc4[nH]nc(-c5ccn(C)c(=O)c5)c4c3)nn2)C1. The van der Waals surface area contributed by atoms with E-state index in [0.717, 1.165) is 53.8 Å². The third-order valence-corrected chi connectivity index (χ3v) is 7.30. The van der Waals surface area contributed by atoms with Crippen LogP contribution in [0.3, 0.4) is 0 Å². The van der Waals surface area contributed by atoms with Gasteiger partial charge in [-0.15, -0.1) is 5.10 Å². The number of halogens is 1. The Balaban J connectivity index is 1.24. The number of aryl methyl sites for hydroxylation is 1. The first-order chi connectivity index (χ1) is 18.5. The highest BCUT2D eigenvalue weighted by Crippen LogP contribution is 2.31. The van der Waals surface area contributed by atoms with E-state index in [1.54, 1.807) is 43.2 Å². The zero-order valence-electron chi connectivity index (χ0n) is 21.3. The number of likely N-dealkylation sites (tertiary alicyclic amines) is 1. The number of rotatable bonds is 6. The van der Waals surface area contributed by atoms with Crippen LogP contribution in [0.2, 0.25) is 0 Å². The second-order valence-electron chi connectivity index (χ2n) is 9.75. The number of hydrogen-bond acceptors (Lipinski definition) is 6. The number of nitrogens with one attached hydrogen (secondary N) is 1. The molecule has 0 unspecified atom stereocenters. The molecule has 0 bridgehead atoms. The molecule has 1 atom stereocenters. The van der Waals surface area contributed by atoms with Crippen LogP contribution in [0.1, 0.15) is 30.0 Å². The van der Waals surface area contributed by atoms with Crippen molar-refractivity contribution in [1.29, 1.82) is 0 Å². The largest absolute Gasteiger partial charge is 0.496 e. The van der Waals surface area contributed by atoms with Crippen LogP contribution in [0, 0.1) is 5.82 Å². The molecule has 0 saturated carbocycles. The molecule has 1 fully saturated rings. The standard InChI is InChI=1S/C28H28FN7O2/c1-34-12-10-18(13-27(34)37)28-21-14-20(8-9-24(21)30-32-28)36-17-25(31-33-36)19-5-4-11-35(15-19)16-22-23(29)6-3-7-26(22)38-2/h3,6-10,12-14,17,19H,4-5,11,15-16H2,1-2H3,(H,30,32)/t19-/m1/s1. The van der Waals surface area contributed by atoms with Gasteiger partial charge >= 0.3 is 0 Å². The Hall–Kier alpha value is -4.31. The van der Waals surface area contributed by atoms with Gasteiger partial charge in [0, 0.05) is 54.8 Å². The highest BCUT2D eigenvalue weighted by molar-refractivity contribution is 5.94. The molecule has 1 N–H and O–H groups in total. The summed E-state index contributed by atoms with van der Waals surface area (Å²) in [5.74, 6) is 0.522. The average molecular weight is 514 g/mol. The van der Waals surface area contributed by atoms with Crippen LogP contribution in [0.5, 0.6) is 5.75 Å². The number of ether oxygens (including phenoxy) is 1. The van der Waals surface area contributed by atoms with Crippen LogP contribution < -0.4 is 10.3 Å². The van der Waals surface area contributed by atoms with E-state index in [0.29, 0.717) is 23.6 Å². The summed E-state index contributed by atoms with van der Waals surface area (Å²) >= 11 is 0. The van der Waals surface area contributed by atoms with E-state index < -0.39 is 0 Å². The molecular weight excluding hydrogens is 485 g/mol. The van der Waals surface area contributed by atoms with Crippen molar-refractivity contribution in [3.05, 3.63) is 88.4 Å². The quantitative estimate of drug-likeness (QED) is 0.368. The lowest BCUT2D eigenvalue weighted by Crippen LogP contribution is -2.34. The number of methoxy groups -OCH3 is 1. The maximum absolute atomic E-state index is 14.5. The number of hydrogen-bond donors (Lipinski definition) is 1. The summed E-state index contributed by atoms with van der Waals surface area (Å²) in [5.41, 5.74) is 4.60. The first kappa shape index (κ1) is 24.1. The van der Waals surface area contributed by atoms with Crippen molar-refractivity contribution < 1.29 is 9.13 Å². The highest BCUT2D eigenvalue weighted by atomic mass is 19.1. The fraction of sp³-hybridized carbons (Fsp3) is 0.286. The van der Waals surface area contributed by atoms with Gasteiger partial charge in [0.05, 0.1) is 30.2 Å². The second kappa shape index (κ2) is 9.86. The van der Waals surface area contributed by atoms with Crippen molar-refractivity contribution in [2.45, 2.75) is 25.3 Å². The van der Waals surface area contributed by atoms with Crippen LogP contribution in [-0.2, 0) is 13.6 Å². The van der Waals surface area contributed by atoms with Crippen LogP contribution in [0.25, 0.3) is 27.8 Å². The zero-order chi connectivity index (χ0) is 26.2. The van der Waals surface area contributed by atoms with Gasteiger partial charge in [0.15, 0.2) is 0 Å². The Morgan fingerprint density at radius 1 is 1.18 bits per heavy atom. The van der Waals surface area contributed by atoms with Crippen molar-refractivity contribution in [1.82, 2.24) is 34.7 Å². The van der Waals surface area contributed by atoms with Gasteiger partial charge in [-0.05, 0) is 55.8 Å². The lowest BCUT2D eigenvalue weighted by Gasteiger charge is -2.32. The number of H-pyrrole nitrogens is 1. The summed E-state index contributed by atoms with van der Waals surface area (Å²) in [6.45, 7) is 2.15. The molecule has 38 heavy (non-hydrogen) atoms. The lowest BCUT2D eigenvalue weighted by atomic mass is 9.95. The van der Waals surface area contributed by atoms with E-state index in [-0.39, 0.29) is 17.3 Å². The molecule has 2 aromatic carbocycles. The lowest BCUT2D eigenvalue weighted by molar-refractivity contribution is 0.194. The summed E-state index contributed by atoms with van der Waals surface area (Å²) in [7, 11) is 3.29. The molecule has 0 aliphatic carbocycles. The van der Waals surface area contributed by atoms with Crippen LogP contribution >= 0.6 is 0 Å². The first-order valence-corrected chi connectivity index (χ1v) is 12.6. The third-order valence-electron chi connectivity index (χ3n) is 7.30. The molecule has 5 aromatic rings. The Bertz CT molecular complexity index is 1670. The van der Waals surface area contributed by atoms with E-state index in [4.69, 9.17) is 4.74 Å². The molecule has 4 heterocycles. The van der Waals surface area contributed by atoms with Gasteiger partial charge in [-0.2, -0.15) is 5.10 Å². The van der Waals surface area contributed by atoms with E-state index in [1.807, 2.05) is 30.5 Å². The number of fused-ring (bicyclic) bond motifs is 1. The normalized spacial score (nSPS) is 16.2. The van der Waals surface area contributed by atoms with Crippen molar-refractivity contribution in [3.63, 3.8) is 0 Å². The Morgan fingerprint density at radius 3 is 2.92 bits per heavy atom. The van der Waals surface area contributed by atoms with E-state index in [9.17, 15) is 9.18 Å². The minimum Gasteiger partial charge on any atom is -0.496 e. The molecule has 1 aliphatic heterocycles. The van der Waals surface area contributed by atoms with Gasteiger partial charge in [-0.1, -0.05) is 11.3 Å². The summed E-state index contributed by atoms with van der Waals surface area (Å²) in [5, 5.41) is 17.3. The molecule has 1 aliphatic rings. The van der Waals surface area contributed by atoms with Gasteiger partial charge in [-0.3, -0.25) is 14.8 Å². The maximum atomic E-state index is 14.5. The number of nitrogens with zero attached hydrogens (tertiary/aromatic N) is 6. The van der Waals surface area contributed by atoms with E-state index in [2.05, 4.69) is 25.4 Å². The predicted octanol–water partition coefficient (Wildman–Crippen LogP) is 4.04. The van der Waals surface area contributed by atoms with Gasteiger partial charge in [0.25, 0.3) is 5.56 Å². The zero-order valence-corrected chi connectivity index (χ0v) is 21.3. The summed E-state index contributed by atoms with van der Waals surface area (Å²) in [6, 6.07) is 14.3. The summed E-state index contributed by atoms with van der Waals surface area (Å²) < 4.78 is 23.2. The Kier molecular flexibility index (Phi) is 6.24. The average Bonchev–Trinajstić information content (AvgIpc) is 3.59. The topological polar surface area (TPSA) is 93.9 Å². The first-order valence-electron chi connectivity index (χ1n) is 12.6. The molecule has 0 radical (unpaired) electrons. The number of aromatic nitrogens is 6. The predicted molar refractivity (Wildman–Crippen MR) is 142 cm³/mol. The Labute approximate surface area is 218 Å². The van der Waals surface area contributed by atoms with Gasteiger partial charge < -0.3 is 9.30 Å². The smallest absolute Gasteiger partial charge is 0.250 e. The van der Waals surface area contributed by atoms with Crippen molar-refractivity contribution >= 4 is 10.9 Å². The molecule has 3 aromatic heterocycles. The van der Waals surface area contributed by atoms with E-state index in [1.165, 1.54) is 10.6 Å². The molecule has 194 valence electrons. The maximum Gasteiger partial charge on any atom is 0.250 e. The molecule has 10 heteroatoms. The van der Waals surface area contributed by atoms with Gasteiger partial charge in [0.1, 0.15) is 17.3 Å². The number of pyridine rings is 1. The summed E-state index contributed by atoms with van der Waals surface area (Å²) in [4.78, 5) is 14.4.